The third-order valence-corrected chi connectivity index (χ3v) is 5.67. The van der Waals surface area contributed by atoms with E-state index in [4.69, 9.17) is 21.8 Å². The van der Waals surface area contributed by atoms with Crippen LogP contribution in [0.15, 0.2) is 48.8 Å². The van der Waals surface area contributed by atoms with E-state index < -0.39 is 0 Å². The highest BCUT2D eigenvalue weighted by Gasteiger charge is 2.20. The molecule has 3 heterocycles. The molecule has 2 aromatic heterocycles. The summed E-state index contributed by atoms with van der Waals surface area (Å²) in [6.45, 7) is 6.61. The molecular formula is C22H23ClN6. The Labute approximate surface area is 175 Å². The van der Waals surface area contributed by atoms with Gasteiger partial charge >= 0.3 is 0 Å². The number of hydrogen-bond donors (Lipinski definition) is 2. The van der Waals surface area contributed by atoms with Crippen molar-refractivity contribution in [2.45, 2.75) is 25.3 Å². The predicted octanol–water partition coefficient (Wildman–Crippen LogP) is 4.62. The largest absolute Gasteiger partial charge is 0.360 e. The lowest BCUT2D eigenvalue weighted by Gasteiger charge is -2.32. The van der Waals surface area contributed by atoms with E-state index in [2.05, 4.69) is 38.9 Å². The van der Waals surface area contributed by atoms with Crippen molar-refractivity contribution in [3.63, 3.8) is 0 Å². The van der Waals surface area contributed by atoms with Gasteiger partial charge in [0.1, 0.15) is 0 Å². The molecule has 1 aromatic carbocycles. The monoisotopic (exact) mass is 406 g/mol. The first-order valence-electron chi connectivity index (χ1n) is 9.80. The zero-order valence-electron chi connectivity index (χ0n) is 16.2. The minimum Gasteiger partial charge on any atom is -0.360 e. The van der Waals surface area contributed by atoms with Gasteiger partial charge in [0.25, 0.3) is 0 Å². The molecule has 0 saturated carbocycles. The molecule has 0 unspecified atom stereocenters. The van der Waals surface area contributed by atoms with Crippen LogP contribution in [-0.2, 0) is 0 Å². The molecule has 29 heavy (non-hydrogen) atoms. The van der Waals surface area contributed by atoms with Crippen molar-refractivity contribution in [2.75, 3.05) is 25.0 Å². The van der Waals surface area contributed by atoms with Gasteiger partial charge in [0.2, 0.25) is 5.95 Å². The van der Waals surface area contributed by atoms with Gasteiger partial charge in [-0.15, -0.1) is 0 Å². The molecule has 1 fully saturated rings. The molecule has 0 atom stereocenters. The average molecular weight is 407 g/mol. The number of fused-ring (bicyclic) bond motifs is 1. The van der Waals surface area contributed by atoms with Crippen LogP contribution in [0.5, 0.6) is 0 Å². The fourth-order valence-corrected chi connectivity index (χ4v) is 3.92. The number of hydrogen-bond acceptors (Lipinski definition) is 5. The molecule has 4 rings (SSSR count). The van der Waals surface area contributed by atoms with Crippen molar-refractivity contribution < 1.29 is 0 Å². The van der Waals surface area contributed by atoms with Crippen molar-refractivity contribution in [2.24, 2.45) is 0 Å². The van der Waals surface area contributed by atoms with Crippen LogP contribution in [0, 0.1) is 11.3 Å². The molecule has 1 aliphatic rings. The number of H-pyrrole nitrogens is 1. The summed E-state index contributed by atoms with van der Waals surface area (Å²) in [5.74, 6) is 0.603. The van der Waals surface area contributed by atoms with Gasteiger partial charge in [-0.1, -0.05) is 36.4 Å². The number of benzene rings is 1. The van der Waals surface area contributed by atoms with Crippen molar-refractivity contribution in [1.82, 2.24) is 19.9 Å². The highest BCUT2D eigenvalue weighted by Crippen LogP contribution is 2.32. The van der Waals surface area contributed by atoms with Crippen molar-refractivity contribution in [3.8, 4) is 17.3 Å². The Morgan fingerprint density at radius 2 is 2.14 bits per heavy atom. The number of aromatic amines is 1. The highest BCUT2D eigenvalue weighted by atomic mass is 35.5. The number of halogens is 1. The second kappa shape index (κ2) is 8.64. The Bertz CT molecular complexity index is 1060. The minimum atomic E-state index is 0.322. The van der Waals surface area contributed by atoms with Gasteiger partial charge in [0.15, 0.2) is 0 Å². The molecule has 0 amide bonds. The Morgan fingerprint density at radius 1 is 1.34 bits per heavy atom. The standard InChI is InChI=1S/C22H23ClN6/c1-15(12-24)6-9-29-10-7-16(8-11-29)27-22-26-14-19(23)21(28-22)18-13-25-20-5-3-2-4-17(18)20/h2-5,13-14,16,25H,1,6-11H2,(H,26,27,28). The first kappa shape index (κ1) is 19.4. The zero-order valence-corrected chi connectivity index (χ0v) is 16.9. The second-order valence-electron chi connectivity index (χ2n) is 7.36. The Kier molecular flexibility index (Phi) is 5.79. The van der Waals surface area contributed by atoms with Crippen LogP contribution < -0.4 is 5.32 Å². The Morgan fingerprint density at radius 3 is 2.93 bits per heavy atom. The van der Waals surface area contributed by atoms with Crippen molar-refractivity contribution >= 4 is 28.5 Å². The summed E-state index contributed by atoms with van der Waals surface area (Å²) in [6.07, 6.45) is 6.36. The van der Waals surface area contributed by atoms with Crippen LogP contribution in [0.4, 0.5) is 5.95 Å². The summed E-state index contributed by atoms with van der Waals surface area (Å²) < 4.78 is 0. The lowest BCUT2D eigenvalue weighted by molar-refractivity contribution is 0.221. The SMILES string of the molecule is C=C(C#N)CCN1CCC(Nc2ncc(Cl)c(-c3c[nH]c4ccccc34)n2)CC1. The fraction of sp³-hybridized carbons (Fsp3) is 0.318. The number of piperidine rings is 1. The van der Waals surface area contributed by atoms with E-state index in [0.717, 1.165) is 61.1 Å². The average Bonchev–Trinajstić information content (AvgIpc) is 3.18. The molecule has 6 nitrogen and oxygen atoms in total. The number of para-hydroxylation sites is 1. The molecule has 3 aromatic rings. The van der Waals surface area contributed by atoms with Crippen molar-refractivity contribution in [1.29, 1.82) is 5.26 Å². The van der Waals surface area contributed by atoms with Gasteiger partial charge in [-0.05, 0) is 25.3 Å². The maximum absolute atomic E-state index is 8.84. The van der Waals surface area contributed by atoms with Crippen LogP contribution in [0.25, 0.3) is 22.2 Å². The van der Waals surface area contributed by atoms with E-state index in [0.29, 0.717) is 22.6 Å². The summed E-state index contributed by atoms with van der Waals surface area (Å²) >= 11 is 6.42. The Balaban J connectivity index is 1.43. The molecular weight excluding hydrogens is 384 g/mol. The van der Waals surface area contributed by atoms with Gasteiger partial charge in [-0.3, -0.25) is 0 Å². The van der Waals surface area contributed by atoms with Crippen LogP contribution in [-0.4, -0.2) is 45.5 Å². The number of aromatic nitrogens is 3. The number of rotatable bonds is 6. The lowest BCUT2D eigenvalue weighted by atomic mass is 10.0. The van der Waals surface area contributed by atoms with E-state index in [-0.39, 0.29) is 0 Å². The molecule has 148 valence electrons. The topological polar surface area (TPSA) is 80.6 Å². The van der Waals surface area contributed by atoms with Crippen LogP contribution >= 0.6 is 11.6 Å². The van der Waals surface area contributed by atoms with Crippen LogP contribution in [0.1, 0.15) is 19.3 Å². The van der Waals surface area contributed by atoms with Gasteiger partial charge in [-0.25, -0.2) is 9.97 Å². The first-order chi connectivity index (χ1) is 14.1. The molecule has 0 radical (unpaired) electrons. The Hall–Kier alpha value is -2.88. The minimum absolute atomic E-state index is 0.322. The number of nitrogens with zero attached hydrogens (tertiary/aromatic N) is 4. The van der Waals surface area contributed by atoms with Crippen molar-refractivity contribution in [3.05, 3.63) is 53.8 Å². The van der Waals surface area contributed by atoms with Gasteiger partial charge in [0.05, 0.1) is 23.0 Å². The molecule has 0 spiro atoms. The molecule has 0 bridgehead atoms. The number of nitriles is 1. The number of likely N-dealkylation sites (tertiary alicyclic amines) is 1. The quantitative estimate of drug-likeness (QED) is 0.583. The highest BCUT2D eigenvalue weighted by molar-refractivity contribution is 6.33. The second-order valence-corrected chi connectivity index (χ2v) is 7.77. The third kappa shape index (κ3) is 4.42. The van der Waals surface area contributed by atoms with Crippen LogP contribution in [0.3, 0.4) is 0 Å². The van der Waals surface area contributed by atoms with E-state index in [1.54, 1.807) is 6.20 Å². The molecule has 2 N–H and O–H groups in total. The maximum atomic E-state index is 8.84. The molecule has 7 heteroatoms. The normalized spacial score (nSPS) is 15.3. The summed E-state index contributed by atoms with van der Waals surface area (Å²) in [4.78, 5) is 14.7. The number of anilines is 1. The summed E-state index contributed by atoms with van der Waals surface area (Å²) in [5, 5.41) is 13.9. The molecule has 1 saturated heterocycles. The van der Waals surface area contributed by atoms with E-state index in [9.17, 15) is 0 Å². The first-order valence-corrected chi connectivity index (χ1v) is 10.2. The van der Waals surface area contributed by atoms with Crippen LogP contribution in [0.2, 0.25) is 5.02 Å². The van der Waals surface area contributed by atoms with E-state index in [1.165, 1.54) is 0 Å². The third-order valence-electron chi connectivity index (χ3n) is 5.40. The van der Waals surface area contributed by atoms with Gasteiger partial charge in [-0.2, -0.15) is 5.26 Å². The maximum Gasteiger partial charge on any atom is 0.223 e. The molecule has 0 aliphatic carbocycles. The van der Waals surface area contributed by atoms with E-state index >= 15 is 0 Å². The number of nitrogens with one attached hydrogen (secondary N) is 2. The van der Waals surface area contributed by atoms with E-state index in [1.807, 2.05) is 24.4 Å². The fourth-order valence-electron chi connectivity index (χ4n) is 3.73. The van der Waals surface area contributed by atoms with Gasteiger partial charge < -0.3 is 15.2 Å². The summed E-state index contributed by atoms with van der Waals surface area (Å²) in [5.41, 5.74) is 3.40. The predicted molar refractivity (Wildman–Crippen MR) is 117 cm³/mol. The summed E-state index contributed by atoms with van der Waals surface area (Å²) in [6, 6.07) is 10.5. The van der Waals surface area contributed by atoms with Gasteiger partial charge in [0, 0.05) is 53.9 Å². The lowest BCUT2D eigenvalue weighted by Crippen LogP contribution is -2.39. The smallest absolute Gasteiger partial charge is 0.223 e. The zero-order chi connectivity index (χ0) is 20.2. The summed E-state index contributed by atoms with van der Waals surface area (Å²) in [7, 11) is 0. The molecule has 1 aliphatic heterocycles.